The van der Waals surface area contributed by atoms with Gasteiger partial charge in [-0.25, -0.2) is 9.79 Å². The predicted molar refractivity (Wildman–Crippen MR) is 161 cm³/mol. The number of likely N-dealkylation sites (N-methyl/N-ethyl adjacent to an activating group) is 1. The van der Waals surface area contributed by atoms with Gasteiger partial charge >= 0.3 is 11.9 Å². The molecule has 2 amide bonds. The highest BCUT2D eigenvalue weighted by atomic mass is 32.2. The van der Waals surface area contributed by atoms with Gasteiger partial charge in [-0.1, -0.05) is 55.7 Å². The van der Waals surface area contributed by atoms with Gasteiger partial charge in [0.1, 0.15) is 12.4 Å². The number of amidine groups is 1. The minimum Gasteiger partial charge on any atom is -0.489 e. The second-order valence-corrected chi connectivity index (χ2v) is 11.1. The number of nitrogens with one attached hydrogen (secondary N) is 1. The zero-order valence-electron chi connectivity index (χ0n) is 22.7. The lowest BCUT2D eigenvalue weighted by atomic mass is 9.84. The van der Waals surface area contributed by atoms with Crippen molar-refractivity contribution in [2.45, 2.75) is 44.6 Å². The zero-order chi connectivity index (χ0) is 28.8. The number of carboxylic acids is 1. The number of carboxylic acid groups (broad SMARTS) is 1. The molecule has 0 spiro atoms. The molecule has 3 aromatic carbocycles. The molecule has 1 aliphatic carbocycles. The molecule has 2 N–H and O–H groups in total. The molecule has 2 aliphatic rings. The number of aliphatic carboxylic acids is 1. The number of nitrogens with zero attached hydrogens (tertiary/aromatic N) is 2. The topological polar surface area (TPSA) is 108 Å². The Hall–Kier alpha value is -4.37. The SMILES string of the molecule is CN1C(=O)/C(=C/c2ccc(OCc3ccc(C4CCCCC4)cc3)cc2)S/C1=N\c1ccc(NC(=O)C(=O)O)cc1. The number of anilines is 1. The Labute approximate surface area is 243 Å². The van der Waals surface area contributed by atoms with E-state index in [-0.39, 0.29) is 5.91 Å². The highest BCUT2D eigenvalue weighted by Crippen LogP contribution is 2.34. The van der Waals surface area contributed by atoms with Gasteiger partial charge in [-0.05, 0) is 89.7 Å². The number of aliphatic imine (C=N–C) groups is 1. The van der Waals surface area contributed by atoms with Crippen molar-refractivity contribution < 1.29 is 24.2 Å². The van der Waals surface area contributed by atoms with E-state index in [9.17, 15) is 14.4 Å². The Morgan fingerprint density at radius 1 is 1.00 bits per heavy atom. The molecule has 0 atom stereocenters. The maximum absolute atomic E-state index is 12.8. The van der Waals surface area contributed by atoms with Crippen LogP contribution in [-0.4, -0.2) is 40.0 Å². The van der Waals surface area contributed by atoms with E-state index >= 15 is 0 Å². The van der Waals surface area contributed by atoms with Crippen LogP contribution in [0.15, 0.2) is 82.7 Å². The monoisotopic (exact) mass is 569 g/mol. The third-order valence-electron chi connectivity index (χ3n) is 7.19. The highest BCUT2D eigenvalue weighted by Gasteiger charge is 2.30. The number of ether oxygens (including phenoxy) is 1. The molecule has 0 unspecified atom stereocenters. The van der Waals surface area contributed by atoms with E-state index in [0.29, 0.717) is 34.0 Å². The standard InChI is InChI=1S/C32H31N3O5S/c1-35-30(37)28(41-32(35)34-26-15-13-25(14-16-26)33-29(36)31(38)39)19-21-9-17-27(18-10-21)40-20-22-7-11-24(12-8-22)23-5-3-2-4-6-23/h7-19,23H,2-6,20H2,1H3,(H,33,36)(H,38,39)/b28-19-,34-32-. The van der Waals surface area contributed by atoms with Crippen molar-refractivity contribution in [2.75, 3.05) is 12.4 Å². The molecule has 2 fully saturated rings. The van der Waals surface area contributed by atoms with Crippen LogP contribution in [-0.2, 0) is 21.0 Å². The molecule has 9 heteroatoms. The van der Waals surface area contributed by atoms with E-state index in [1.165, 1.54) is 54.3 Å². The quantitative estimate of drug-likeness (QED) is 0.246. The number of amides is 2. The Morgan fingerprint density at radius 3 is 2.34 bits per heavy atom. The summed E-state index contributed by atoms with van der Waals surface area (Å²) in [6.07, 6.45) is 8.43. The van der Waals surface area contributed by atoms with Gasteiger partial charge in [-0.3, -0.25) is 14.5 Å². The first kappa shape index (κ1) is 28.2. The van der Waals surface area contributed by atoms with Gasteiger partial charge in [-0.15, -0.1) is 0 Å². The van der Waals surface area contributed by atoms with Crippen LogP contribution in [0.25, 0.3) is 6.08 Å². The largest absolute Gasteiger partial charge is 0.489 e. The molecule has 1 saturated carbocycles. The van der Waals surface area contributed by atoms with E-state index in [0.717, 1.165) is 16.9 Å². The van der Waals surface area contributed by atoms with Gasteiger partial charge in [-0.2, -0.15) is 0 Å². The second kappa shape index (κ2) is 12.9. The van der Waals surface area contributed by atoms with Gasteiger partial charge in [0.25, 0.3) is 5.91 Å². The van der Waals surface area contributed by atoms with E-state index in [1.807, 2.05) is 30.3 Å². The fourth-order valence-corrected chi connectivity index (χ4v) is 5.85. The number of hydrogen-bond donors (Lipinski definition) is 2. The molecule has 1 heterocycles. The molecule has 1 saturated heterocycles. The van der Waals surface area contributed by atoms with E-state index in [1.54, 1.807) is 31.3 Å². The Balaban J connectivity index is 1.17. The fourth-order valence-electron chi connectivity index (χ4n) is 4.87. The summed E-state index contributed by atoms with van der Waals surface area (Å²) in [6.45, 7) is 0.497. The van der Waals surface area contributed by atoms with Gasteiger partial charge in [0.15, 0.2) is 5.17 Å². The number of thioether (sulfide) groups is 1. The molecule has 41 heavy (non-hydrogen) atoms. The van der Waals surface area contributed by atoms with Crippen LogP contribution in [0.3, 0.4) is 0 Å². The Kier molecular flexibility index (Phi) is 8.84. The summed E-state index contributed by atoms with van der Waals surface area (Å²) in [5.74, 6) is -1.38. The van der Waals surface area contributed by atoms with Crippen LogP contribution in [0, 0.1) is 0 Å². The van der Waals surface area contributed by atoms with Crippen LogP contribution < -0.4 is 10.1 Å². The summed E-state index contributed by atoms with van der Waals surface area (Å²) in [5.41, 5.74) is 4.35. The molecule has 0 radical (unpaired) electrons. The minimum atomic E-state index is -1.56. The normalized spacial score (nSPS) is 17.7. The molecule has 0 aromatic heterocycles. The lowest BCUT2D eigenvalue weighted by Crippen LogP contribution is -2.23. The third kappa shape index (κ3) is 7.24. The first-order chi connectivity index (χ1) is 19.9. The van der Waals surface area contributed by atoms with Crippen LogP contribution in [0.2, 0.25) is 0 Å². The summed E-state index contributed by atoms with van der Waals surface area (Å²) in [7, 11) is 1.66. The minimum absolute atomic E-state index is 0.156. The van der Waals surface area contributed by atoms with Crippen molar-refractivity contribution in [3.05, 3.63) is 94.4 Å². The van der Waals surface area contributed by atoms with Crippen LogP contribution in [0.4, 0.5) is 11.4 Å². The number of carbonyl (C=O) groups excluding carboxylic acids is 2. The summed E-state index contributed by atoms with van der Waals surface area (Å²) in [4.78, 5) is 41.4. The average molecular weight is 570 g/mol. The van der Waals surface area contributed by atoms with Gasteiger partial charge in [0, 0.05) is 12.7 Å². The first-order valence-corrected chi connectivity index (χ1v) is 14.4. The Morgan fingerprint density at radius 2 is 1.68 bits per heavy atom. The number of rotatable bonds is 7. The van der Waals surface area contributed by atoms with Crippen molar-refractivity contribution in [1.29, 1.82) is 0 Å². The molecular weight excluding hydrogens is 538 g/mol. The number of benzene rings is 3. The third-order valence-corrected chi connectivity index (χ3v) is 8.25. The number of carbonyl (C=O) groups is 3. The average Bonchev–Trinajstić information content (AvgIpc) is 3.25. The van der Waals surface area contributed by atoms with Crippen molar-refractivity contribution in [3.8, 4) is 5.75 Å². The van der Waals surface area contributed by atoms with Crippen molar-refractivity contribution in [3.63, 3.8) is 0 Å². The summed E-state index contributed by atoms with van der Waals surface area (Å²) >= 11 is 1.27. The van der Waals surface area contributed by atoms with Crippen LogP contribution in [0.1, 0.15) is 54.7 Å². The van der Waals surface area contributed by atoms with E-state index in [4.69, 9.17) is 9.84 Å². The van der Waals surface area contributed by atoms with E-state index in [2.05, 4.69) is 34.6 Å². The van der Waals surface area contributed by atoms with Crippen molar-refractivity contribution >= 4 is 52.2 Å². The van der Waals surface area contributed by atoms with Crippen molar-refractivity contribution in [2.24, 2.45) is 4.99 Å². The summed E-state index contributed by atoms with van der Waals surface area (Å²) in [5, 5.41) is 11.5. The molecule has 8 nitrogen and oxygen atoms in total. The maximum atomic E-state index is 12.8. The molecule has 5 rings (SSSR count). The lowest BCUT2D eigenvalue weighted by Gasteiger charge is -2.22. The first-order valence-electron chi connectivity index (χ1n) is 13.6. The smallest absolute Gasteiger partial charge is 0.394 e. The molecule has 3 aromatic rings. The van der Waals surface area contributed by atoms with Crippen LogP contribution >= 0.6 is 11.8 Å². The number of hydrogen-bond acceptors (Lipinski definition) is 6. The van der Waals surface area contributed by atoms with E-state index < -0.39 is 11.9 Å². The molecule has 210 valence electrons. The highest BCUT2D eigenvalue weighted by molar-refractivity contribution is 8.18. The maximum Gasteiger partial charge on any atom is 0.394 e. The molecular formula is C32H31N3O5S. The van der Waals surface area contributed by atoms with Gasteiger partial charge in [0.2, 0.25) is 0 Å². The predicted octanol–water partition coefficient (Wildman–Crippen LogP) is 6.57. The second-order valence-electron chi connectivity index (χ2n) is 10.1. The Bertz CT molecular complexity index is 1480. The fraction of sp³-hybridized carbons (Fsp3) is 0.250. The zero-order valence-corrected chi connectivity index (χ0v) is 23.5. The van der Waals surface area contributed by atoms with Gasteiger partial charge < -0.3 is 15.2 Å². The van der Waals surface area contributed by atoms with Crippen LogP contribution in [0.5, 0.6) is 5.75 Å². The summed E-state index contributed by atoms with van der Waals surface area (Å²) < 4.78 is 5.99. The summed E-state index contributed by atoms with van der Waals surface area (Å²) in [6, 6.07) is 22.8. The van der Waals surface area contributed by atoms with Gasteiger partial charge in [0.05, 0.1) is 10.6 Å². The lowest BCUT2D eigenvalue weighted by molar-refractivity contribution is -0.147. The molecule has 0 bridgehead atoms. The van der Waals surface area contributed by atoms with Crippen molar-refractivity contribution in [1.82, 2.24) is 4.90 Å². The molecule has 1 aliphatic heterocycles.